The first kappa shape index (κ1) is 15.3. The van der Waals surface area contributed by atoms with E-state index in [2.05, 4.69) is 10.6 Å². The third-order valence-corrected chi connectivity index (χ3v) is 3.41. The minimum atomic E-state index is -4.49. The number of furan rings is 1. The first-order valence-corrected chi connectivity index (χ1v) is 6.60. The van der Waals surface area contributed by atoms with Gasteiger partial charge in [-0.2, -0.15) is 13.2 Å². The van der Waals surface area contributed by atoms with Gasteiger partial charge in [-0.15, -0.1) is 0 Å². The van der Waals surface area contributed by atoms with Crippen LogP contribution in [0.25, 0.3) is 0 Å². The van der Waals surface area contributed by atoms with Gasteiger partial charge in [0.05, 0.1) is 5.60 Å². The van der Waals surface area contributed by atoms with Gasteiger partial charge in [0, 0.05) is 25.2 Å². The molecule has 0 aromatic carbocycles. The molecule has 0 radical (unpaired) electrons. The molecule has 20 heavy (non-hydrogen) atoms. The number of piperidine rings is 1. The van der Waals surface area contributed by atoms with Gasteiger partial charge in [0.2, 0.25) is 5.76 Å². The van der Waals surface area contributed by atoms with Crippen molar-refractivity contribution in [3.63, 3.8) is 0 Å². The number of β-amino-alcohol motifs (C(OH)–C–C–N with tert-alkyl or cyclic N) is 1. The molecule has 0 unspecified atom stereocenters. The van der Waals surface area contributed by atoms with E-state index in [1.807, 2.05) is 0 Å². The predicted molar refractivity (Wildman–Crippen MR) is 67.2 cm³/mol. The fourth-order valence-electron chi connectivity index (χ4n) is 2.47. The summed E-state index contributed by atoms with van der Waals surface area (Å²) in [5, 5.41) is 16.2. The first-order valence-electron chi connectivity index (χ1n) is 6.60. The quantitative estimate of drug-likeness (QED) is 0.792. The predicted octanol–water partition coefficient (Wildman–Crippen LogP) is 1.81. The Morgan fingerprint density at radius 3 is 2.85 bits per heavy atom. The number of hydrogen-bond donors (Lipinski definition) is 3. The van der Waals surface area contributed by atoms with E-state index in [9.17, 15) is 18.3 Å². The maximum atomic E-state index is 12.7. The van der Waals surface area contributed by atoms with Crippen molar-refractivity contribution in [3.8, 4) is 0 Å². The van der Waals surface area contributed by atoms with E-state index in [0.717, 1.165) is 13.0 Å². The molecule has 4 nitrogen and oxygen atoms in total. The van der Waals surface area contributed by atoms with Gasteiger partial charge in [0.15, 0.2) is 0 Å². The van der Waals surface area contributed by atoms with Crippen LogP contribution in [0, 0.1) is 6.92 Å². The van der Waals surface area contributed by atoms with Gasteiger partial charge in [0.25, 0.3) is 0 Å². The van der Waals surface area contributed by atoms with Crippen LogP contribution in [-0.4, -0.2) is 30.3 Å². The number of halogens is 3. The maximum absolute atomic E-state index is 12.7. The summed E-state index contributed by atoms with van der Waals surface area (Å²) in [6, 6.07) is 1.37. The summed E-state index contributed by atoms with van der Waals surface area (Å²) in [5.74, 6) is -0.733. The molecular weight excluding hydrogens is 273 g/mol. The molecule has 1 aliphatic rings. The van der Waals surface area contributed by atoms with Crippen LogP contribution in [0.15, 0.2) is 10.5 Å². The molecule has 0 spiro atoms. The Balaban J connectivity index is 1.94. The van der Waals surface area contributed by atoms with Gasteiger partial charge in [0.1, 0.15) is 5.76 Å². The molecule has 1 aromatic rings. The zero-order chi connectivity index (χ0) is 14.8. The lowest BCUT2D eigenvalue weighted by atomic mass is 9.94. The molecule has 0 bridgehead atoms. The smallest absolute Gasteiger partial charge is 0.449 e. The van der Waals surface area contributed by atoms with Gasteiger partial charge >= 0.3 is 6.18 Å². The summed E-state index contributed by atoms with van der Waals surface area (Å²) in [5.41, 5.74) is -0.822. The highest BCUT2D eigenvalue weighted by molar-refractivity contribution is 5.23. The average Bonchev–Trinajstić information content (AvgIpc) is 2.71. The first-order chi connectivity index (χ1) is 9.30. The second-order valence-corrected chi connectivity index (χ2v) is 5.32. The van der Waals surface area contributed by atoms with Crippen molar-refractivity contribution in [2.75, 3.05) is 19.6 Å². The van der Waals surface area contributed by atoms with E-state index < -0.39 is 17.5 Å². The monoisotopic (exact) mass is 292 g/mol. The molecule has 3 N–H and O–H groups in total. The zero-order valence-corrected chi connectivity index (χ0v) is 11.3. The molecule has 1 fully saturated rings. The van der Waals surface area contributed by atoms with E-state index >= 15 is 0 Å². The van der Waals surface area contributed by atoms with Crippen molar-refractivity contribution >= 4 is 0 Å². The molecule has 0 aliphatic carbocycles. The lowest BCUT2D eigenvalue weighted by Crippen LogP contribution is -2.51. The van der Waals surface area contributed by atoms with Crippen molar-refractivity contribution in [1.29, 1.82) is 0 Å². The van der Waals surface area contributed by atoms with Gasteiger partial charge in [-0.1, -0.05) is 0 Å². The standard InChI is InChI=1S/C13H19F3N2O2/c1-9-5-10(11(20-9)13(14,15)16)6-18-8-12(19)3-2-4-17-7-12/h5,17-19H,2-4,6-8H2,1H3/t12-/m0/s1. The number of nitrogens with one attached hydrogen (secondary N) is 2. The Labute approximate surface area is 115 Å². The van der Waals surface area contributed by atoms with Gasteiger partial charge in [-0.3, -0.25) is 0 Å². The highest BCUT2D eigenvalue weighted by Crippen LogP contribution is 2.34. The molecule has 0 saturated carbocycles. The molecule has 7 heteroatoms. The van der Waals surface area contributed by atoms with Crippen LogP contribution in [0.3, 0.4) is 0 Å². The second-order valence-electron chi connectivity index (χ2n) is 5.32. The fourth-order valence-corrected chi connectivity index (χ4v) is 2.47. The average molecular weight is 292 g/mol. The summed E-state index contributed by atoms with van der Waals surface area (Å²) in [6.45, 7) is 3.07. The molecule has 1 aliphatic heterocycles. The van der Waals surface area contributed by atoms with Crippen molar-refractivity contribution in [2.24, 2.45) is 0 Å². The molecule has 1 atom stereocenters. The Morgan fingerprint density at radius 2 is 2.25 bits per heavy atom. The maximum Gasteiger partial charge on any atom is 0.449 e. The molecule has 0 amide bonds. The lowest BCUT2D eigenvalue weighted by Gasteiger charge is -2.32. The minimum absolute atomic E-state index is 0.0223. The van der Waals surface area contributed by atoms with Crippen LogP contribution in [-0.2, 0) is 12.7 Å². The van der Waals surface area contributed by atoms with Crippen LogP contribution < -0.4 is 10.6 Å². The van der Waals surface area contributed by atoms with Crippen molar-refractivity contribution in [3.05, 3.63) is 23.2 Å². The number of alkyl halides is 3. The van der Waals surface area contributed by atoms with Gasteiger partial charge in [-0.05, 0) is 32.4 Å². The van der Waals surface area contributed by atoms with Crippen LogP contribution in [0.2, 0.25) is 0 Å². The normalized spacial score (nSPS) is 24.1. The van der Waals surface area contributed by atoms with E-state index in [-0.39, 0.29) is 24.4 Å². The summed E-state index contributed by atoms with van der Waals surface area (Å²) < 4.78 is 42.9. The van der Waals surface area contributed by atoms with Gasteiger partial charge in [-0.25, -0.2) is 0 Å². The summed E-state index contributed by atoms with van der Waals surface area (Å²) in [4.78, 5) is 0. The van der Waals surface area contributed by atoms with Crippen molar-refractivity contribution in [1.82, 2.24) is 10.6 Å². The molecule has 1 aromatic heterocycles. The van der Waals surface area contributed by atoms with Crippen LogP contribution >= 0.6 is 0 Å². The van der Waals surface area contributed by atoms with Crippen LogP contribution in [0.5, 0.6) is 0 Å². The van der Waals surface area contributed by atoms with Crippen LogP contribution in [0.1, 0.15) is 29.9 Å². The minimum Gasteiger partial charge on any atom is -0.456 e. The number of aliphatic hydroxyl groups is 1. The number of hydrogen-bond acceptors (Lipinski definition) is 4. The molecule has 1 saturated heterocycles. The van der Waals surface area contributed by atoms with E-state index in [1.54, 1.807) is 0 Å². The fraction of sp³-hybridized carbons (Fsp3) is 0.692. The summed E-state index contributed by atoms with van der Waals surface area (Å²) in [7, 11) is 0. The third kappa shape index (κ3) is 3.74. The van der Waals surface area contributed by atoms with Gasteiger partial charge < -0.3 is 20.2 Å². The zero-order valence-electron chi connectivity index (χ0n) is 11.3. The molecule has 2 heterocycles. The second kappa shape index (κ2) is 5.75. The summed E-state index contributed by atoms with van der Waals surface area (Å²) in [6.07, 6.45) is -2.99. The van der Waals surface area contributed by atoms with E-state index in [4.69, 9.17) is 4.42 Å². The van der Waals surface area contributed by atoms with Crippen LogP contribution in [0.4, 0.5) is 13.2 Å². The van der Waals surface area contributed by atoms with Crippen molar-refractivity contribution < 1.29 is 22.7 Å². The Hall–Kier alpha value is -1.05. The largest absolute Gasteiger partial charge is 0.456 e. The Kier molecular flexibility index (Phi) is 4.41. The Morgan fingerprint density at radius 1 is 1.50 bits per heavy atom. The third-order valence-electron chi connectivity index (χ3n) is 3.41. The topological polar surface area (TPSA) is 57.4 Å². The lowest BCUT2D eigenvalue weighted by molar-refractivity contribution is -0.154. The number of aryl methyl sites for hydroxylation is 1. The molecular formula is C13H19F3N2O2. The molecule has 2 rings (SSSR count). The summed E-state index contributed by atoms with van der Waals surface area (Å²) >= 11 is 0. The van der Waals surface area contributed by atoms with E-state index in [1.165, 1.54) is 13.0 Å². The molecule has 114 valence electrons. The highest BCUT2D eigenvalue weighted by Gasteiger charge is 2.38. The number of rotatable bonds is 4. The van der Waals surface area contributed by atoms with E-state index in [0.29, 0.717) is 13.0 Å². The Bertz CT molecular complexity index is 451. The highest BCUT2D eigenvalue weighted by atomic mass is 19.4. The van der Waals surface area contributed by atoms with Crippen molar-refractivity contribution in [2.45, 2.75) is 38.1 Å². The SMILES string of the molecule is Cc1cc(CNC[C@]2(O)CCCNC2)c(C(F)(F)F)o1.